The van der Waals surface area contributed by atoms with E-state index in [2.05, 4.69) is 6.92 Å². The normalized spacial score (nSPS) is 14.7. The number of benzene rings is 2. The zero-order valence-corrected chi connectivity index (χ0v) is 16.8. The molecule has 0 heterocycles. The van der Waals surface area contributed by atoms with Crippen LogP contribution < -0.4 is 0 Å². The lowest BCUT2D eigenvalue weighted by molar-refractivity contribution is 0.462. The Morgan fingerprint density at radius 2 is 1.15 bits per heavy atom. The molecule has 2 atom stereocenters. The van der Waals surface area contributed by atoms with Crippen molar-refractivity contribution in [1.29, 1.82) is 0 Å². The first-order valence-corrected chi connectivity index (χ1v) is 11.5. The molecule has 27 heavy (non-hydrogen) atoms. The van der Waals surface area contributed by atoms with E-state index in [4.69, 9.17) is 4.55 Å². The quantitative estimate of drug-likeness (QED) is 0.659. The molecule has 0 bridgehead atoms. The summed E-state index contributed by atoms with van der Waals surface area (Å²) in [5.41, 5.74) is 1.98. The van der Waals surface area contributed by atoms with Crippen molar-refractivity contribution in [2.24, 2.45) is 0 Å². The smallest absolute Gasteiger partial charge is 0.294 e. The molecule has 0 aliphatic carbocycles. The van der Waals surface area contributed by atoms with Crippen molar-refractivity contribution in [1.82, 2.24) is 0 Å². The molecule has 148 valence electrons. The summed E-state index contributed by atoms with van der Waals surface area (Å²) in [6.45, 7) is 4.10. The van der Waals surface area contributed by atoms with Crippen LogP contribution in [0.15, 0.2) is 58.3 Å². The summed E-state index contributed by atoms with van der Waals surface area (Å²) in [6.07, 6.45) is 2.74. The summed E-state index contributed by atoms with van der Waals surface area (Å²) < 4.78 is 64.1. The van der Waals surface area contributed by atoms with Gasteiger partial charge >= 0.3 is 0 Å². The van der Waals surface area contributed by atoms with Gasteiger partial charge in [-0.15, -0.1) is 0 Å². The standard InChI is InChI=1S/C19H24O6S2/c1-14(16-6-10-18(11-7-16)26(20,21)22)4-3-5-15(2)17-8-12-19(13-9-17)27(23,24)25/h6-15H,3-5H2,1-2H3,(H,20,21,22)(H,23,24,25)/p-1. The lowest BCUT2D eigenvalue weighted by Gasteiger charge is -2.16. The maximum atomic E-state index is 11.1. The minimum Gasteiger partial charge on any atom is -0.744 e. The van der Waals surface area contributed by atoms with Gasteiger partial charge in [0.15, 0.2) is 0 Å². The van der Waals surface area contributed by atoms with Crippen LogP contribution in [0.4, 0.5) is 0 Å². The molecule has 8 heteroatoms. The molecule has 0 aliphatic heterocycles. The zero-order valence-electron chi connectivity index (χ0n) is 15.2. The Labute approximate surface area is 160 Å². The predicted octanol–water partition coefficient (Wildman–Crippen LogP) is 3.91. The van der Waals surface area contributed by atoms with Crippen LogP contribution in [0.2, 0.25) is 0 Å². The maximum Gasteiger partial charge on any atom is 0.294 e. The first-order chi connectivity index (χ1) is 12.5. The van der Waals surface area contributed by atoms with E-state index in [1.807, 2.05) is 6.92 Å². The van der Waals surface area contributed by atoms with E-state index in [0.717, 1.165) is 30.4 Å². The molecule has 0 saturated heterocycles. The molecular weight excluding hydrogens is 388 g/mol. The minimum absolute atomic E-state index is 0.115. The lowest BCUT2D eigenvalue weighted by atomic mass is 9.90. The third-order valence-corrected chi connectivity index (χ3v) is 6.48. The Bertz CT molecular complexity index is 880. The Morgan fingerprint density at radius 1 is 0.778 bits per heavy atom. The highest BCUT2D eigenvalue weighted by Crippen LogP contribution is 2.27. The molecule has 1 N–H and O–H groups in total. The van der Waals surface area contributed by atoms with Crippen LogP contribution in [0.1, 0.15) is 56.1 Å². The molecular formula is C19H23O6S2-. The Kier molecular flexibility index (Phi) is 6.80. The van der Waals surface area contributed by atoms with Crippen molar-refractivity contribution in [2.75, 3.05) is 0 Å². The van der Waals surface area contributed by atoms with Gasteiger partial charge in [-0.25, -0.2) is 8.42 Å². The van der Waals surface area contributed by atoms with Crippen LogP contribution in [0, 0.1) is 0 Å². The van der Waals surface area contributed by atoms with E-state index in [9.17, 15) is 21.4 Å². The molecule has 2 aromatic rings. The average molecular weight is 412 g/mol. The predicted molar refractivity (Wildman–Crippen MR) is 101 cm³/mol. The topological polar surface area (TPSA) is 112 Å². The summed E-state index contributed by atoms with van der Waals surface area (Å²) in [5.74, 6) is 0.461. The Morgan fingerprint density at radius 3 is 1.48 bits per heavy atom. The molecule has 0 spiro atoms. The van der Waals surface area contributed by atoms with Crippen LogP contribution in [0.5, 0.6) is 0 Å². The van der Waals surface area contributed by atoms with Crippen molar-refractivity contribution in [3.05, 3.63) is 59.7 Å². The third-order valence-electron chi connectivity index (χ3n) is 4.76. The van der Waals surface area contributed by atoms with Crippen LogP contribution in [0.3, 0.4) is 0 Å². The number of hydrogen-bond donors (Lipinski definition) is 1. The van der Waals surface area contributed by atoms with Crippen molar-refractivity contribution in [3.63, 3.8) is 0 Å². The second kappa shape index (κ2) is 8.52. The molecule has 0 aromatic heterocycles. The van der Waals surface area contributed by atoms with Gasteiger partial charge in [0, 0.05) is 0 Å². The van der Waals surface area contributed by atoms with E-state index in [1.54, 1.807) is 24.3 Å². The Hall–Kier alpha value is -1.74. The highest BCUT2D eigenvalue weighted by atomic mass is 32.2. The first kappa shape index (κ1) is 21.6. The summed E-state index contributed by atoms with van der Waals surface area (Å²) in [7, 11) is -8.59. The van der Waals surface area contributed by atoms with Crippen molar-refractivity contribution < 1.29 is 25.9 Å². The fourth-order valence-electron chi connectivity index (χ4n) is 2.99. The molecule has 0 aliphatic rings. The van der Waals surface area contributed by atoms with Gasteiger partial charge in [0.2, 0.25) is 0 Å². The summed E-state index contributed by atoms with van der Waals surface area (Å²) >= 11 is 0. The monoisotopic (exact) mass is 411 g/mol. The minimum atomic E-state index is -4.42. The van der Waals surface area contributed by atoms with E-state index in [0.29, 0.717) is 0 Å². The highest BCUT2D eigenvalue weighted by Gasteiger charge is 2.12. The number of hydrogen-bond acceptors (Lipinski definition) is 5. The largest absolute Gasteiger partial charge is 0.744 e. The molecule has 6 nitrogen and oxygen atoms in total. The van der Waals surface area contributed by atoms with Crippen molar-refractivity contribution in [2.45, 2.75) is 54.7 Å². The van der Waals surface area contributed by atoms with Crippen molar-refractivity contribution in [3.8, 4) is 0 Å². The second-order valence-electron chi connectivity index (χ2n) is 6.80. The van der Waals surface area contributed by atoms with Crippen LogP contribution in [-0.4, -0.2) is 25.9 Å². The highest BCUT2D eigenvalue weighted by molar-refractivity contribution is 7.86. The number of rotatable bonds is 8. The van der Waals surface area contributed by atoms with Gasteiger partial charge in [0.1, 0.15) is 10.1 Å². The maximum absolute atomic E-state index is 11.1. The van der Waals surface area contributed by atoms with Crippen LogP contribution in [0.25, 0.3) is 0 Å². The van der Waals surface area contributed by atoms with Gasteiger partial charge in [-0.3, -0.25) is 4.55 Å². The van der Waals surface area contributed by atoms with E-state index in [1.165, 1.54) is 24.3 Å². The van der Waals surface area contributed by atoms with Gasteiger partial charge in [0.05, 0.1) is 9.79 Å². The summed E-state index contributed by atoms with van der Waals surface area (Å²) in [6, 6.07) is 12.2. The van der Waals surface area contributed by atoms with Gasteiger partial charge < -0.3 is 4.55 Å². The van der Waals surface area contributed by atoms with Crippen LogP contribution >= 0.6 is 0 Å². The molecule has 0 saturated carbocycles. The molecule has 2 rings (SSSR count). The summed E-state index contributed by atoms with van der Waals surface area (Å²) in [5, 5.41) is 0. The van der Waals surface area contributed by atoms with Crippen molar-refractivity contribution >= 4 is 20.2 Å². The third kappa shape index (κ3) is 6.14. The van der Waals surface area contributed by atoms with Gasteiger partial charge in [-0.2, -0.15) is 8.42 Å². The second-order valence-corrected chi connectivity index (χ2v) is 9.60. The first-order valence-electron chi connectivity index (χ1n) is 8.62. The summed E-state index contributed by atoms with van der Waals surface area (Å²) in [4.78, 5) is -0.337. The SMILES string of the molecule is CC(CCCC(C)c1ccc(S(=O)(=O)O)cc1)c1ccc(S(=O)(=O)[O-])cc1. The van der Waals surface area contributed by atoms with E-state index < -0.39 is 20.2 Å². The fraction of sp³-hybridized carbons (Fsp3) is 0.368. The molecule has 2 aromatic carbocycles. The molecule has 2 unspecified atom stereocenters. The van der Waals surface area contributed by atoms with Crippen LogP contribution in [-0.2, 0) is 20.2 Å². The van der Waals surface area contributed by atoms with Gasteiger partial charge in [-0.1, -0.05) is 44.5 Å². The fourth-order valence-corrected chi connectivity index (χ4v) is 3.94. The van der Waals surface area contributed by atoms with E-state index in [-0.39, 0.29) is 21.6 Å². The lowest BCUT2D eigenvalue weighted by Crippen LogP contribution is -2.01. The van der Waals surface area contributed by atoms with E-state index >= 15 is 0 Å². The average Bonchev–Trinajstić information content (AvgIpc) is 2.60. The molecule has 0 amide bonds. The molecule has 0 radical (unpaired) electrons. The zero-order chi connectivity index (χ0) is 20.2. The Balaban J connectivity index is 1.89. The van der Waals surface area contributed by atoms with Gasteiger partial charge in [-0.05, 0) is 60.1 Å². The van der Waals surface area contributed by atoms with Gasteiger partial charge in [0.25, 0.3) is 10.1 Å². The molecule has 0 fully saturated rings.